The van der Waals surface area contributed by atoms with Crippen LogP contribution in [-0.4, -0.2) is 52.9 Å². The van der Waals surface area contributed by atoms with E-state index < -0.39 is 0 Å². The standard InChI is InChI=1S/C7H8.2C4H8O2.C2H3N/c1-7-5-3-2-4-6-7;2*1-2-6-4-3-5-1;1-2-3/h2-6H,1H3;2*1-4H2;1H3. The Hall–Kier alpha value is -1.45. The number of hydrogen-bond donors (Lipinski definition) is 0. The Kier molecular flexibility index (Phi) is 16.4. The third-order valence-electron chi connectivity index (χ3n) is 2.43. The van der Waals surface area contributed by atoms with Gasteiger partial charge in [0.2, 0.25) is 0 Å². The first-order chi connectivity index (χ1) is 10.8. The van der Waals surface area contributed by atoms with Crippen LogP contribution in [0.5, 0.6) is 0 Å². The number of aryl methyl sites for hydroxylation is 1. The molecule has 0 amide bonds. The quantitative estimate of drug-likeness (QED) is 0.737. The number of ether oxygens (including phenoxy) is 4. The molecule has 1 aromatic carbocycles. The molecule has 0 radical (unpaired) electrons. The lowest BCUT2D eigenvalue weighted by molar-refractivity contribution is -0.0334. The molecule has 124 valence electrons. The molecule has 2 heterocycles. The molecule has 2 aliphatic heterocycles. The van der Waals surface area contributed by atoms with Crippen molar-refractivity contribution in [1.82, 2.24) is 0 Å². The van der Waals surface area contributed by atoms with E-state index >= 15 is 0 Å². The highest BCUT2D eigenvalue weighted by Gasteiger charge is 1.94. The summed E-state index contributed by atoms with van der Waals surface area (Å²) in [5.41, 5.74) is 1.32. The molecule has 5 nitrogen and oxygen atoms in total. The van der Waals surface area contributed by atoms with Gasteiger partial charge < -0.3 is 18.9 Å². The van der Waals surface area contributed by atoms with Crippen molar-refractivity contribution in [2.45, 2.75) is 13.8 Å². The molecular weight excluding hydrogens is 282 g/mol. The molecule has 2 fully saturated rings. The maximum Gasteiger partial charge on any atom is 0.0701 e. The predicted molar refractivity (Wildman–Crippen MR) is 85.7 cm³/mol. The minimum atomic E-state index is 0.778. The van der Waals surface area contributed by atoms with Crippen molar-refractivity contribution >= 4 is 0 Å². The average molecular weight is 309 g/mol. The van der Waals surface area contributed by atoms with Gasteiger partial charge in [0.1, 0.15) is 0 Å². The second-order valence-corrected chi connectivity index (χ2v) is 4.33. The van der Waals surface area contributed by atoms with Crippen LogP contribution in [0.2, 0.25) is 0 Å². The summed E-state index contributed by atoms with van der Waals surface area (Å²) in [5, 5.41) is 7.32. The average Bonchev–Trinajstić information content (AvgIpc) is 2.61. The molecule has 22 heavy (non-hydrogen) atoms. The lowest BCUT2D eigenvalue weighted by atomic mass is 10.2. The van der Waals surface area contributed by atoms with Crippen molar-refractivity contribution in [3.05, 3.63) is 35.9 Å². The highest BCUT2D eigenvalue weighted by Crippen LogP contribution is 1.92. The van der Waals surface area contributed by atoms with Gasteiger partial charge in [0.25, 0.3) is 0 Å². The molecule has 2 aliphatic rings. The summed E-state index contributed by atoms with van der Waals surface area (Å²) in [4.78, 5) is 0. The summed E-state index contributed by atoms with van der Waals surface area (Å²) >= 11 is 0. The first kappa shape index (κ1) is 20.6. The number of nitrogens with zero attached hydrogens (tertiary/aromatic N) is 1. The Bertz CT molecular complexity index is 322. The molecule has 0 aromatic heterocycles. The van der Waals surface area contributed by atoms with Gasteiger partial charge in [0.05, 0.1) is 58.9 Å². The molecule has 0 unspecified atom stereocenters. The lowest BCUT2D eigenvalue weighted by Crippen LogP contribution is -2.16. The Morgan fingerprint density at radius 3 is 1.14 bits per heavy atom. The highest BCUT2D eigenvalue weighted by molar-refractivity contribution is 5.11. The van der Waals surface area contributed by atoms with Crippen LogP contribution >= 0.6 is 0 Å². The van der Waals surface area contributed by atoms with Gasteiger partial charge in [-0.3, -0.25) is 0 Å². The first-order valence-corrected chi connectivity index (χ1v) is 7.44. The van der Waals surface area contributed by atoms with Gasteiger partial charge in [-0.1, -0.05) is 35.9 Å². The fraction of sp³-hybridized carbons (Fsp3) is 0.588. The summed E-state index contributed by atoms with van der Waals surface area (Å²) in [6.07, 6.45) is 0. The van der Waals surface area contributed by atoms with Crippen molar-refractivity contribution in [1.29, 1.82) is 5.26 Å². The minimum absolute atomic E-state index is 0.778. The second kappa shape index (κ2) is 17.6. The molecular formula is C17H27NO4. The lowest BCUT2D eigenvalue weighted by Gasteiger charge is -2.09. The maximum absolute atomic E-state index is 7.32. The zero-order chi connectivity index (χ0) is 16.3. The SMILES string of the molecule is C1COCCO1.C1COCCO1.CC#N.Cc1ccccc1. The fourth-order valence-electron chi connectivity index (χ4n) is 1.41. The van der Waals surface area contributed by atoms with Gasteiger partial charge in [-0.05, 0) is 6.92 Å². The molecule has 2 saturated heterocycles. The molecule has 0 N–H and O–H groups in total. The van der Waals surface area contributed by atoms with Crippen LogP contribution in [0.3, 0.4) is 0 Å². The van der Waals surface area contributed by atoms with Crippen LogP contribution < -0.4 is 0 Å². The fourth-order valence-corrected chi connectivity index (χ4v) is 1.41. The maximum atomic E-state index is 7.32. The number of rotatable bonds is 0. The van der Waals surface area contributed by atoms with E-state index in [0.717, 1.165) is 52.9 Å². The minimum Gasteiger partial charge on any atom is -0.377 e. The van der Waals surface area contributed by atoms with Gasteiger partial charge in [0, 0.05) is 6.92 Å². The Labute approximate surface area is 133 Å². The summed E-state index contributed by atoms with van der Waals surface area (Å²) in [6.45, 7) is 9.74. The van der Waals surface area contributed by atoms with Crippen molar-refractivity contribution in [2.24, 2.45) is 0 Å². The molecule has 5 heteroatoms. The van der Waals surface area contributed by atoms with Crippen LogP contribution in [0.1, 0.15) is 12.5 Å². The Morgan fingerprint density at radius 2 is 1.00 bits per heavy atom. The summed E-state index contributed by atoms with van der Waals surface area (Å²) in [5.74, 6) is 0. The van der Waals surface area contributed by atoms with E-state index in [9.17, 15) is 0 Å². The Morgan fingerprint density at radius 1 is 0.727 bits per heavy atom. The number of nitriles is 1. The number of hydrogen-bond acceptors (Lipinski definition) is 5. The predicted octanol–water partition coefficient (Wildman–Crippen LogP) is 2.59. The van der Waals surface area contributed by atoms with Crippen molar-refractivity contribution in [3.63, 3.8) is 0 Å². The molecule has 0 saturated carbocycles. The van der Waals surface area contributed by atoms with E-state index in [1.165, 1.54) is 12.5 Å². The van der Waals surface area contributed by atoms with Crippen LogP contribution in [0.4, 0.5) is 0 Å². The largest absolute Gasteiger partial charge is 0.377 e. The summed E-state index contributed by atoms with van der Waals surface area (Å²) in [7, 11) is 0. The topological polar surface area (TPSA) is 60.7 Å². The van der Waals surface area contributed by atoms with Crippen molar-refractivity contribution in [2.75, 3.05) is 52.9 Å². The van der Waals surface area contributed by atoms with Gasteiger partial charge in [-0.15, -0.1) is 0 Å². The van der Waals surface area contributed by atoms with Gasteiger partial charge in [-0.25, -0.2) is 0 Å². The van der Waals surface area contributed by atoms with E-state index in [1.807, 2.05) is 18.2 Å². The van der Waals surface area contributed by atoms with E-state index in [0.29, 0.717) is 0 Å². The first-order valence-electron chi connectivity index (χ1n) is 7.44. The summed E-state index contributed by atoms with van der Waals surface area (Å²) < 4.78 is 19.8. The summed E-state index contributed by atoms with van der Waals surface area (Å²) in [6, 6.07) is 12.0. The van der Waals surface area contributed by atoms with E-state index in [1.54, 1.807) is 6.07 Å². The molecule has 0 bridgehead atoms. The van der Waals surface area contributed by atoms with Crippen LogP contribution in [0, 0.1) is 18.3 Å². The van der Waals surface area contributed by atoms with E-state index in [4.69, 9.17) is 24.2 Å². The van der Waals surface area contributed by atoms with Crippen LogP contribution in [-0.2, 0) is 18.9 Å². The normalized spacial score (nSPS) is 16.2. The number of benzene rings is 1. The zero-order valence-electron chi connectivity index (χ0n) is 13.6. The van der Waals surface area contributed by atoms with E-state index in [-0.39, 0.29) is 0 Å². The van der Waals surface area contributed by atoms with Gasteiger partial charge in [-0.2, -0.15) is 5.26 Å². The third kappa shape index (κ3) is 16.6. The van der Waals surface area contributed by atoms with Crippen molar-refractivity contribution in [3.8, 4) is 6.07 Å². The Balaban J connectivity index is 0.000000278. The molecule has 1 aromatic rings. The van der Waals surface area contributed by atoms with E-state index in [2.05, 4.69) is 19.1 Å². The highest BCUT2D eigenvalue weighted by atomic mass is 16.6. The molecule has 0 spiro atoms. The monoisotopic (exact) mass is 309 g/mol. The third-order valence-corrected chi connectivity index (χ3v) is 2.43. The second-order valence-electron chi connectivity index (χ2n) is 4.33. The van der Waals surface area contributed by atoms with Gasteiger partial charge >= 0.3 is 0 Å². The smallest absolute Gasteiger partial charge is 0.0701 e. The molecule has 0 aliphatic carbocycles. The van der Waals surface area contributed by atoms with Gasteiger partial charge in [0.15, 0.2) is 0 Å². The molecule has 0 atom stereocenters. The zero-order valence-corrected chi connectivity index (χ0v) is 13.6. The van der Waals surface area contributed by atoms with Crippen molar-refractivity contribution < 1.29 is 18.9 Å². The molecule has 3 rings (SSSR count). The van der Waals surface area contributed by atoms with Crippen LogP contribution in [0.25, 0.3) is 0 Å². The van der Waals surface area contributed by atoms with Crippen LogP contribution in [0.15, 0.2) is 30.3 Å².